The number of halogens is 2. The van der Waals surface area contributed by atoms with Crippen LogP contribution in [0.1, 0.15) is 29.8 Å². The predicted molar refractivity (Wildman–Crippen MR) is 105 cm³/mol. The molecule has 27 heavy (non-hydrogen) atoms. The van der Waals surface area contributed by atoms with Crippen LogP contribution in [0, 0.1) is 0 Å². The van der Waals surface area contributed by atoms with E-state index in [0.29, 0.717) is 0 Å². The Morgan fingerprint density at radius 1 is 1.07 bits per heavy atom. The van der Waals surface area contributed by atoms with Gasteiger partial charge in [-0.1, -0.05) is 53.5 Å². The molecule has 0 saturated carbocycles. The lowest BCUT2D eigenvalue weighted by Gasteiger charge is -2.29. The summed E-state index contributed by atoms with van der Waals surface area (Å²) in [6.45, 7) is 3.75. The fourth-order valence-electron chi connectivity index (χ4n) is 2.63. The van der Waals surface area contributed by atoms with E-state index in [1.165, 1.54) is 18.1 Å². The first-order valence-corrected chi connectivity index (χ1v) is 9.19. The van der Waals surface area contributed by atoms with Crippen molar-refractivity contribution in [3.63, 3.8) is 0 Å². The van der Waals surface area contributed by atoms with Crippen LogP contribution in [-0.4, -0.2) is 36.5 Å². The molecule has 2 aromatic carbocycles. The van der Waals surface area contributed by atoms with Crippen molar-refractivity contribution in [1.82, 2.24) is 4.90 Å². The molecule has 2 rings (SSSR count). The van der Waals surface area contributed by atoms with Gasteiger partial charge in [-0.25, -0.2) is 4.79 Å². The molecule has 1 unspecified atom stereocenters. The normalized spacial score (nSPS) is 11.6. The van der Waals surface area contributed by atoms with Crippen LogP contribution in [0.15, 0.2) is 42.5 Å². The maximum atomic E-state index is 13.3. The van der Waals surface area contributed by atoms with E-state index in [-0.39, 0.29) is 34.5 Å². The van der Waals surface area contributed by atoms with Gasteiger partial charge in [-0.05, 0) is 31.5 Å². The van der Waals surface area contributed by atoms with Crippen molar-refractivity contribution in [3.8, 4) is 5.75 Å². The average Bonchev–Trinajstić information content (AvgIpc) is 2.67. The van der Waals surface area contributed by atoms with Crippen LogP contribution >= 0.6 is 23.2 Å². The van der Waals surface area contributed by atoms with E-state index in [4.69, 9.17) is 32.7 Å². The van der Waals surface area contributed by atoms with E-state index in [2.05, 4.69) is 0 Å². The lowest BCUT2D eigenvalue weighted by atomic mass is 10.1. The minimum absolute atomic E-state index is 0.110. The van der Waals surface area contributed by atoms with Crippen molar-refractivity contribution in [2.45, 2.75) is 26.4 Å². The highest BCUT2D eigenvalue weighted by molar-refractivity contribution is 6.37. The quantitative estimate of drug-likeness (QED) is 0.627. The van der Waals surface area contributed by atoms with E-state index in [1.54, 1.807) is 19.9 Å². The van der Waals surface area contributed by atoms with Gasteiger partial charge in [0.05, 0.1) is 23.8 Å². The van der Waals surface area contributed by atoms with Gasteiger partial charge in [0.1, 0.15) is 11.6 Å². The van der Waals surface area contributed by atoms with Gasteiger partial charge in [0.2, 0.25) is 0 Å². The maximum Gasteiger partial charge on any atom is 0.328 e. The molecule has 0 radical (unpaired) electrons. The summed E-state index contributed by atoms with van der Waals surface area (Å²) in [5, 5.41) is 0.448. The second kappa shape index (κ2) is 9.62. The molecule has 2 aromatic rings. The van der Waals surface area contributed by atoms with Crippen LogP contribution in [0.3, 0.4) is 0 Å². The number of carbonyl (C=O) groups is 2. The molecule has 0 N–H and O–H groups in total. The largest absolute Gasteiger partial charge is 0.494 e. The number of methoxy groups -OCH3 is 1. The summed E-state index contributed by atoms with van der Waals surface area (Å²) in [5.41, 5.74) is 0.970. The van der Waals surface area contributed by atoms with Gasteiger partial charge < -0.3 is 14.4 Å². The molecule has 1 amide bonds. The van der Waals surface area contributed by atoms with Crippen molar-refractivity contribution in [1.29, 1.82) is 0 Å². The second-order valence-electron chi connectivity index (χ2n) is 5.78. The van der Waals surface area contributed by atoms with Crippen LogP contribution in [-0.2, 0) is 16.1 Å². The summed E-state index contributed by atoms with van der Waals surface area (Å²) in [6.07, 6.45) is 0. The van der Waals surface area contributed by atoms with Gasteiger partial charge in [0.15, 0.2) is 5.75 Å². The summed E-state index contributed by atoms with van der Waals surface area (Å²) in [6, 6.07) is 11.6. The summed E-state index contributed by atoms with van der Waals surface area (Å²) < 4.78 is 10.4. The molecule has 0 fully saturated rings. The van der Waals surface area contributed by atoms with Crippen LogP contribution < -0.4 is 4.74 Å². The van der Waals surface area contributed by atoms with E-state index < -0.39 is 17.9 Å². The van der Waals surface area contributed by atoms with Crippen LogP contribution in [0.2, 0.25) is 10.0 Å². The molecule has 7 heteroatoms. The smallest absolute Gasteiger partial charge is 0.328 e. The number of hydrogen-bond donors (Lipinski definition) is 0. The lowest BCUT2D eigenvalue weighted by Crippen LogP contribution is -2.43. The molecule has 0 aromatic heterocycles. The Balaban J connectivity index is 2.48. The summed E-state index contributed by atoms with van der Waals surface area (Å²) in [4.78, 5) is 27.1. The van der Waals surface area contributed by atoms with Gasteiger partial charge in [-0.2, -0.15) is 0 Å². The Labute approximate surface area is 168 Å². The zero-order chi connectivity index (χ0) is 20.0. The molecular formula is C20H21Cl2NO4. The number of rotatable bonds is 7. The predicted octanol–water partition coefficient (Wildman–Crippen LogP) is 4.60. The van der Waals surface area contributed by atoms with Gasteiger partial charge >= 0.3 is 5.97 Å². The molecule has 0 saturated heterocycles. The Hall–Kier alpha value is -2.24. The van der Waals surface area contributed by atoms with E-state index >= 15 is 0 Å². The number of esters is 1. The van der Waals surface area contributed by atoms with Crippen LogP contribution in [0.4, 0.5) is 0 Å². The molecular weight excluding hydrogens is 389 g/mol. The molecule has 0 heterocycles. The molecule has 0 aliphatic heterocycles. The minimum Gasteiger partial charge on any atom is -0.494 e. The van der Waals surface area contributed by atoms with Crippen LogP contribution in [0.5, 0.6) is 5.75 Å². The van der Waals surface area contributed by atoms with E-state index in [9.17, 15) is 9.59 Å². The number of hydrogen-bond acceptors (Lipinski definition) is 4. The Bertz CT molecular complexity index is 811. The van der Waals surface area contributed by atoms with Gasteiger partial charge in [0, 0.05) is 6.54 Å². The van der Waals surface area contributed by atoms with Crippen molar-refractivity contribution in [2.75, 3.05) is 13.7 Å². The third-order valence-electron chi connectivity index (χ3n) is 4.03. The van der Waals surface area contributed by atoms with E-state index in [1.807, 2.05) is 30.3 Å². The number of benzene rings is 2. The second-order valence-corrected chi connectivity index (χ2v) is 6.60. The first-order chi connectivity index (χ1) is 12.9. The Kier molecular flexibility index (Phi) is 7.51. The first-order valence-electron chi connectivity index (χ1n) is 8.44. The third-order valence-corrected chi connectivity index (χ3v) is 4.64. The van der Waals surface area contributed by atoms with Crippen molar-refractivity contribution < 1.29 is 19.1 Å². The Morgan fingerprint density at radius 2 is 1.70 bits per heavy atom. The van der Waals surface area contributed by atoms with Gasteiger partial charge in [-0.3, -0.25) is 4.79 Å². The zero-order valence-corrected chi connectivity index (χ0v) is 16.9. The molecule has 0 spiro atoms. The monoisotopic (exact) mass is 409 g/mol. The van der Waals surface area contributed by atoms with Gasteiger partial charge in [0.25, 0.3) is 5.91 Å². The zero-order valence-electron chi connectivity index (χ0n) is 15.4. The molecule has 144 valence electrons. The fraction of sp³-hybridized carbons (Fsp3) is 0.300. The van der Waals surface area contributed by atoms with E-state index in [0.717, 1.165) is 5.56 Å². The summed E-state index contributed by atoms with van der Waals surface area (Å²) in [7, 11) is 1.41. The molecule has 0 bridgehead atoms. The highest BCUT2D eigenvalue weighted by Crippen LogP contribution is 2.35. The third kappa shape index (κ3) is 4.93. The fourth-order valence-corrected chi connectivity index (χ4v) is 3.09. The topological polar surface area (TPSA) is 55.8 Å². The highest BCUT2D eigenvalue weighted by atomic mass is 35.5. The maximum absolute atomic E-state index is 13.3. The number of nitrogens with zero attached hydrogens (tertiary/aromatic N) is 1. The standard InChI is InChI=1S/C20H21Cl2NO4/c1-4-27-20(25)13(2)23(12-14-8-6-5-7-9-14)19(24)17-15(21)10-11-16(22)18(17)26-3/h5-11,13H,4,12H2,1-3H3. The minimum atomic E-state index is -0.822. The number of amides is 1. The molecule has 0 aliphatic carbocycles. The van der Waals surface area contributed by atoms with Gasteiger partial charge in [-0.15, -0.1) is 0 Å². The number of ether oxygens (including phenoxy) is 2. The lowest BCUT2D eigenvalue weighted by molar-refractivity contribution is -0.148. The average molecular weight is 410 g/mol. The van der Waals surface area contributed by atoms with Crippen molar-refractivity contribution >= 4 is 35.1 Å². The highest BCUT2D eigenvalue weighted by Gasteiger charge is 2.31. The number of carbonyl (C=O) groups excluding carboxylic acids is 2. The summed E-state index contributed by atoms with van der Waals surface area (Å²) >= 11 is 12.4. The van der Waals surface area contributed by atoms with Crippen molar-refractivity contribution in [2.24, 2.45) is 0 Å². The first kappa shape index (κ1) is 21.1. The summed E-state index contributed by atoms with van der Waals surface area (Å²) in [5.74, 6) is -0.800. The molecule has 5 nitrogen and oxygen atoms in total. The van der Waals surface area contributed by atoms with Crippen LogP contribution in [0.25, 0.3) is 0 Å². The molecule has 0 aliphatic rings. The molecule has 1 atom stereocenters. The van der Waals surface area contributed by atoms with Crippen molar-refractivity contribution in [3.05, 3.63) is 63.6 Å². The SMILES string of the molecule is CCOC(=O)C(C)N(Cc1ccccc1)C(=O)c1c(Cl)ccc(Cl)c1OC. The Morgan fingerprint density at radius 3 is 2.30 bits per heavy atom.